The maximum Gasteiger partial charge on any atom is 0.163 e. The fourth-order valence-corrected chi connectivity index (χ4v) is 1.96. The lowest BCUT2D eigenvalue weighted by Gasteiger charge is -2.27. The predicted molar refractivity (Wildman–Crippen MR) is 66.1 cm³/mol. The Bertz CT molecular complexity index is 586. The highest BCUT2D eigenvalue weighted by Crippen LogP contribution is 2.37. The second-order valence-electron chi connectivity index (χ2n) is 4.18. The van der Waals surface area contributed by atoms with Gasteiger partial charge in [0.25, 0.3) is 0 Å². The van der Waals surface area contributed by atoms with Crippen molar-refractivity contribution in [3.8, 4) is 11.5 Å². The van der Waals surface area contributed by atoms with Gasteiger partial charge in [-0.25, -0.2) is 4.39 Å². The number of hydrogen-bond acceptors (Lipinski definition) is 3. The Kier molecular flexibility index (Phi) is 2.55. The minimum Gasteiger partial charge on any atom is -0.485 e. The van der Waals surface area contributed by atoms with Crippen LogP contribution in [0.2, 0.25) is 0 Å². The highest BCUT2D eigenvalue weighted by Gasteiger charge is 2.22. The quantitative estimate of drug-likeness (QED) is 0.786. The smallest absolute Gasteiger partial charge is 0.163 e. The molecule has 0 aromatic heterocycles. The predicted octanol–water partition coefficient (Wildman–Crippen LogP) is 2.92. The van der Waals surface area contributed by atoms with Crippen LogP contribution in [0.15, 0.2) is 42.5 Å². The molecule has 18 heavy (non-hydrogen) atoms. The van der Waals surface area contributed by atoms with Crippen molar-refractivity contribution in [1.29, 1.82) is 0 Å². The molecule has 1 unspecified atom stereocenters. The summed E-state index contributed by atoms with van der Waals surface area (Å²) in [7, 11) is 0. The summed E-state index contributed by atoms with van der Waals surface area (Å²) in [6, 6.07) is 11.6. The van der Waals surface area contributed by atoms with Gasteiger partial charge in [0.05, 0.1) is 0 Å². The summed E-state index contributed by atoms with van der Waals surface area (Å²) in [4.78, 5) is 0. The van der Waals surface area contributed by atoms with Crippen molar-refractivity contribution in [2.24, 2.45) is 0 Å². The van der Waals surface area contributed by atoms with Crippen LogP contribution in [0.3, 0.4) is 0 Å². The van der Waals surface area contributed by atoms with Gasteiger partial charge in [0.1, 0.15) is 12.4 Å². The van der Waals surface area contributed by atoms with Crippen molar-refractivity contribution in [1.82, 2.24) is 0 Å². The molecule has 1 aliphatic rings. The maximum atomic E-state index is 13.2. The van der Waals surface area contributed by atoms with E-state index in [2.05, 4.69) is 0 Å². The van der Waals surface area contributed by atoms with Gasteiger partial charge in [0.2, 0.25) is 0 Å². The van der Waals surface area contributed by atoms with Crippen LogP contribution in [0.25, 0.3) is 0 Å². The normalized spacial score (nSPS) is 17.5. The summed E-state index contributed by atoms with van der Waals surface area (Å²) < 4.78 is 24.5. The molecule has 3 nitrogen and oxygen atoms in total. The Morgan fingerprint density at radius 2 is 2.00 bits per heavy atom. The van der Waals surface area contributed by atoms with E-state index in [1.165, 1.54) is 12.1 Å². The number of fused-ring (bicyclic) bond motifs is 1. The summed E-state index contributed by atoms with van der Waals surface area (Å²) in [6.07, 6.45) is -0.295. The van der Waals surface area contributed by atoms with E-state index >= 15 is 0 Å². The Morgan fingerprint density at radius 1 is 1.11 bits per heavy atom. The largest absolute Gasteiger partial charge is 0.485 e. The van der Waals surface area contributed by atoms with Gasteiger partial charge in [0, 0.05) is 11.8 Å². The molecule has 0 saturated carbocycles. The summed E-state index contributed by atoms with van der Waals surface area (Å²) >= 11 is 0. The third-order valence-corrected chi connectivity index (χ3v) is 2.85. The van der Waals surface area contributed by atoms with Crippen LogP contribution in [0, 0.1) is 5.82 Å². The number of hydrogen-bond donors (Lipinski definition) is 1. The first-order valence-corrected chi connectivity index (χ1v) is 5.67. The van der Waals surface area contributed by atoms with Gasteiger partial charge in [0.15, 0.2) is 17.6 Å². The lowest BCUT2D eigenvalue weighted by Crippen LogP contribution is -2.21. The summed E-state index contributed by atoms with van der Waals surface area (Å²) in [5.74, 6) is 0.978. The van der Waals surface area contributed by atoms with E-state index in [-0.39, 0.29) is 11.9 Å². The van der Waals surface area contributed by atoms with Crippen LogP contribution in [0.1, 0.15) is 11.7 Å². The molecule has 0 bridgehead atoms. The molecule has 0 aliphatic carbocycles. The van der Waals surface area contributed by atoms with Gasteiger partial charge in [-0.15, -0.1) is 0 Å². The third kappa shape index (κ3) is 1.97. The lowest BCUT2D eigenvalue weighted by molar-refractivity contribution is 0.0912. The van der Waals surface area contributed by atoms with Gasteiger partial charge in [-0.3, -0.25) is 0 Å². The molecule has 92 valence electrons. The van der Waals surface area contributed by atoms with Gasteiger partial charge < -0.3 is 15.2 Å². The molecule has 0 fully saturated rings. The highest BCUT2D eigenvalue weighted by atomic mass is 19.1. The standard InChI is InChI=1S/C14H12FNO2/c15-10-3-1-2-9(6-10)14-8-17-13-7-11(16)4-5-12(13)18-14/h1-7,14H,8,16H2. The number of ether oxygens (including phenoxy) is 2. The zero-order valence-electron chi connectivity index (χ0n) is 9.60. The number of rotatable bonds is 1. The van der Waals surface area contributed by atoms with Crippen LogP contribution in [0.4, 0.5) is 10.1 Å². The number of anilines is 1. The van der Waals surface area contributed by atoms with Crippen molar-refractivity contribution in [2.75, 3.05) is 12.3 Å². The van der Waals surface area contributed by atoms with Crippen LogP contribution in [-0.4, -0.2) is 6.61 Å². The monoisotopic (exact) mass is 245 g/mol. The number of benzene rings is 2. The molecule has 4 heteroatoms. The molecule has 2 aromatic carbocycles. The minimum absolute atomic E-state index is 0.279. The van der Waals surface area contributed by atoms with E-state index in [1.807, 2.05) is 6.07 Å². The zero-order chi connectivity index (χ0) is 12.5. The SMILES string of the molecule is Nc1ccc2c(c1)OCC(c1cccc(F)c1)O2. The molecule has 1 heterocycles. The Morgan fingerprint density at radius 3 is 2.83 bits per heavy atom. The van der Waals surface area contributed by atoms with Gasteiger partial charge in [-0.2, -0.15) is 0 Å². The first kappa shape index (κ1) is 10.9. The molecule has 0 spiro atoms. The Labute approximate surface area is 104 Å². The third-order valence-electron chi connectivity index (χ3n) is 2.85. The van der Waals surface area contributed by atoms with Gasteiger partial charge in [-0.1, -0.05) is 12.1 Å². The molecular formula is C14H12FNO2. The molecule has 0 amide bonds. The molecule has 0 saturated heterocycles. The number of nitrogen functional groups attached to an aromatic ring is 1. The molecule has 1 aliphatic heterocycles. The summed E-state index contributed by atoms with van der Waals surface area (Å²) in [6.45, 7) is 0.347. The second-order valence-corrected chi connectivity index (χ2v) is 4.18. The van der Waals surface area contributed by atoms with E-state index in [4.69, 9.17) is 15.2 Å². The second kappa shape index (κ2) is 4.22. The van der Waals surface area contributed by atoms with Crippen LogP contribution >= 0.6 is 0 Å². The molecule has 3 rings (SSSR count). The summed E-state index contributed by atoms with van der Waals surface area (Å²) in [5, 5.41) is 0. The maximum absolute atomic E-state index is 13.2. The van der Waals surface area contributed by atoms with E-state index in [0.717, 1.165) is 5.56 Å². The van der Waals surface area contributed by atoms with Gasteiger partial charge in [-0.05, 0) is 29.8 Å². The van der Waals surface area contributed by atoms with Crippen molar-refractivity contribution in [2.45, 2.75) is 6.10 Å². The van der Waals surface area contributed by atoms with Crippen molar-refractivity contribution in [3.63, 3.8) is 0 Å². The van der Waals surface area contributed by atoms with E-state index in [0.29, 0.717) is 23.8 Å². The first-order valence-electron chi connectivity index (χ1n) is 5.67. The molecule has 2 aromatic rings. The highest BCUT2D eigenvalue weighted by molar-refractivity contribution is 5.52. The first-order chi connectivity index (χ1) is 8.72. The molecule has 0 radical (unpaired) electrons. The Balaban J connectivity index is 1.89. The van der Waals surface area contributed by atoms with E-state index < -0.39 is 0 Å². The molecule has 1 atom stereocenters. The van der Waals surface area contributed by atoms with Crippen molar-refractivity contribution >= 4 is 5.69 Å². The average molecular weight is 245 g/mol. The van der Waals surface area contributed by atoms with Gasteiger partial charge >= 0.3 is 0 Å². The van der Waals surface area contributed by atoms with E-state index in [9.17, 15) is 4.39 Å². The number of nitrogens with two attached hydrogens (primary N) is 1. The number of halogens is 1. The van der Waals surface area contributed by atoms with Crippen LogP contribution < -0.4 is 15.2 Å². The zero-order valence-corrected chi connectivity index (χ0v) is 9.60. The van der Waals surface area contributed by atoms with Crippen LogP contribution in [-0.2, 0) is 0 Å². The molecular weight excluding hydrogens is 233 g/mol. The van der Waals surface area contributed by atoms with Crippen LogP contribution in [0.5, 0.6) is 11.5 Å². The summed E-state index contributed by atoms with van der Waals surface area (Å²) in [5.41, 5.74) is 7.05. The fraction of sp³-hybridized carbons (Fsp3) is 0.143. The minimum atomic E-state index is -0.295. The average Bonchev–Trinajstić information content (AvgIpc) is 2.38. The fourth-order valence-electron chi connectivity index (χ4n) is 1.96. The van der Waals surface area contributed by atoms with E-state index in [1.54, 1.807) is 24.3 Å². The Hall–Kier alpha value is -2.23. The lowest BCUT2D eigenvalue weighted by atomic mass is 10.1. The van der Waals surface area contributed by atoms with Crippen molar-refractivity contribution in [3.05, 3.63) is 53.8 Å². The molecule has 2 N–H and O–H groups in total. The van der Waals surface area contributed by atoms with Crippen molar-refractivity contribution < 1.29 is 13.9 Å². The topological polar surface area (TPSA) is 44.5 Å².